The molecule has 4 nitrogen and oxygen atoms in total. The zero-order chi connectivity index (χ0) is 13.9. The number of carboxylic acid groups (broad SMARTS) is 1. The van der Waals surface area contributed by atoms with E-state index >= 15 is 0 Å². The largest absolute Gasteiger partial charge is 0.478 e. The Morgan fingerprint density at radius 3 is 2.39 bits per heavy atom. The van der Waals surface area contributed by atoms with Crippen LogP contribution >= 0.6 is 27.5 Å². The van der Waals surface area contributed by atoms with Crippen molar-refractivity contribution in [1.82, 2.24) is 0 Å². The zero-order valence-corrected chi connectivity index (χ0v) is 12.1. The summed E-state index contributed by atoms with van der Waals surface area (Å²) >= 11 is 9.06. The lowest BCUT2D eigenvalue weighted by Gasteiger charge is -2.08. The molecule has 0 spiro atoms. The Morgan fingerprint density at radius 1 is 1.28 bits per heavy atom. The minimum atomic E-state index is -1.11. The van der Waals surface area contributed by atoms with E-state index in [1.165, 1.54) is 13.8 Å². The third-order valence-corrected chi connectivity index (χ3v) is 3.62. The molecular weight excluding hydrogens is 321 g/mol. The van der Waals surface area contributed by atoms with Gasteiger partial charge in [0.25, 0.3) is 5.91 Å². The lowest BCUT2D eigenvalue weighted by Crippen LogP contribution is -2.16. The monoisotopic (exact) mass is 331 g/mol. The van der Waals surface area contributed by atoms with Crippen LogP contribution in [0.4, 0.5) is 5.69 Å². The maximum atomic E-state index is 11.8. The average molecular weight is 333 g/mol. The van der Waals surface area contributed by atoms with Crippen LogP contribution in [0.2, 0.25) is 5.02 Å². The Balaban J connectivity index is 2.92. The molecule has 96 valence electrons. The molecule has 0 atom stereocenters. The fourth-order valence-corrected chi connectivity index (χ4v) is 1.63. The molecule has 0 aliphatic heterocycles. The fraction of sp³-hybridized carbons (Fsp3) is 0.167. The van der Waals surface area contributed by atoms with Crippen LogP contribution in [0.5, 0.6) is 0 Å². The number of halogens is 2. The number of carboxylic acids is 1. The summed E-state index contributed by atoms with van der Waals surface area (Å²) in [5, 5.41) is 11.9. The Morgan fingerprint density at radius 2 is 1.89 bits per heavy atom. The second-order valence-corrected chi connectivity index (χ2v) is 4.90. The normalized spacial score (nSPS) is 11.8. The molecule has 0 radical (unpaired) electrons. The van der Waals surface area contributed by atoms with E-state index in [0.29, 0.717) is 15.2 Å². The Kier molecular flexibility index (Phi) is 4.93. The van der Waals surface area contributed by atoms with Crippen LogP contribution in [0.1, 0.15) is 13.8 Å². The molecule has 0 heterocycles. The minimum absolute atomic E-state index is 0.0144. The van der Waals surface area contributed by atoms with Crippen LogP contribution in [-0.2, 0) is 9.59 Å². The summed E-state index contributed by atoms with van der Waals surface area (Å²) in [5.41, 5.74) is 0.711. The van der Waals surface area contributed by atoms with E-state index in [-0.39, 0.29) is 11.1 Å². The van der Waals surface area contributed by atoms with Crippen LogP contribution in [0.3, 0.4) is 0 Å². The molecule has 0 aliphatic carbocycles. The maximum Gasteiger partial charge on any atom is 0.331 e. The van der Waals surface area contributed by atoms with Crippen molar-refractivity contribution in [1.29, 1.82) is 0 Å². The van der Waals surface area contributed by atoms with Crippen molar-refractivity contribution in [2.45, 2.75) is 13.8 Å². The zero-order valence-electron chi connectivity index (χ0n) is 9.75. The highest BCUT2D eigenvalue weighted by molar-refractivity contribution is 9.10. The maximum absolute atomic E-state index is 11.8. The van der Waals surface area contributed by atoms with E-state index in [1.54, 1.807) is 18.2 Å². The van der Waals surface area contributed by atoms with E-state index in [1.807, 2.05) is 0 Å². The summed E-state index contributed by atoms with van der Waals surface area (Å²) in [6.07, 6.45) is 0. The van der Waals surface area contributed by atoms with E-state index in [9.17, 15) is 9.59 Å². The van der Waals surface area contributed by atoms with Gasteiger partial charge >= 0.3 is 5.97 Å². The molecule has 0 unspecified atom stereocenters. The summed E-state index contributed by atoms with van der Waals surface area (Å²) in [4.78, 5) is 22.5. The van der Waals surface area contributed by atoms with Crippen molar-refractivity contribution >= 4 is 45.1 Å². The number of rotatable bonds is 3. The predicted molar refractivity (Wildman–Crippen MR) is 73.8 cm³/mol. The molecule has 1 aromatic rings. The van der Waals surface area contributed by atoms with Crippen molar-refractivity contribution in [3.63, 3.8) is 0 Å². The summed E-state index contributed by atoms with van der Waals surface area (Å²) in [6, 6.07) is 4.91. The second-order valence-electron chi connectivity index (χ2n) is 3.64. The number of nitrogens with one attached hydrogen (secondary N) is 1. The highest BCUT2D eigenvalue weighted by atomic mass is 79.9. The number of amides is 1. The van der Waals surface area contributed by atoms with Crippen molar-refractivity contribution < 1.29 is 14.7 Å². The lowest BCUT2D eigenvalue weighted by molar-refractivity contribution is -0.133. The van der Waals surface area contributed by atoms with E-state index in [0.717, 1.165) is 0 Å². The van der Waals surface area contributed by atoms with E-state index in [4.69, 9.17) is 16.7 Å². The van der Waals surface area contributed by atoms with Gasteiger partial charge in [0.1, 0.15) is 0 Å². The van der Waals surface area contributed by atoms with Gasteiger partial charge in [-0.2, -0.15) is 0 Å². The highest BCUT2D eigenvalue weighted by Crippen LogP contribution is 2.25. The smallest absolute Gasteiger partial charge is 0.331 e. The number of benzene rings is 1. The number of aliphatic carboxylic acids is 1. The molecule has 0 aliphatic rings. The first-order chi connectivity index (χ1) is 8.32. The SMILES string of the molecule is CC(C(=O)O)=C(C)C(=O)Nc1ccc(Cl)c(Br)c1. The van der Waals surface area contributed by atoms with Crippen molar-refractivity contribution in [2.24, 2.45) is 0 Å². The standard InChI is InChI=1S/C12H11BrClNO3/c1-6(7(2)12(17)18)11(16)15-8-3-4-10(14)9(13)5-8/h3-5H,1-2H3,(H,15,16)(H,17,18). The highest BCUT2D eigenvalue weighted by Gasteiger charge is 2.13. The predicted octanol–water partition coefficient (Wildman–Crippen LogP) is 3.46. The van der Waals surface area contributed by atoms with Gasteiger partial charge in [-0.15, -0.1) is 0 Å². The molecule has 1 amide bonds. The van der Waals surface area contributed by atoms with Gasteiger partial charge in [0.05, 0.1) is 5.02 Å². The van der Waals surface area contributed by atoms with Crippen molar-refractivity contribution in [3.05, 3.63) is 38.8 Å². The molecule has 0 fully saturated rings. The first-order valence-electron chi connectivity index (χ1n) is 5.00. The molecule has 0 saturated heterocycles. The summed E-state index contributed by atoms with van der Waals surface area (Å²) in [5.74, 6) is -1.57. The van der Waals surface area contributed by atoms with Crippen LogP contribution < -0.4 is 5.32 Å². The molecule has 1 rings (SSSR count). The van der Waals surface area contributed by atoms with Gasteiger partial charge in [0.2, 0.25) is 0 Å². The molecule has 1 aromatic carbocycles. The summed E-state index contributed by atoms with van der Waals surface area (Å²) < 4.78 is 0.651. The Bertz CT molecular complexity index is 540. The topological polar surface area (TPSA) is 66.4 Å². The van der Waals surface area contributed by atoms with Gasteiger partial charge < -0.3 is 10.4 Å². The molecule has 0 aromatic heterocycles. The van der Waals surface area contributed by atoms with Crippen LogP contribution in [0, 0.1) is 0 Å². The quantitative estimate of drug-likeness (QED) is 0.833. The number of carbonyl (C=O) groups is 2. The summed E-state index contributed by atoms with van der Waals surface area (Å²) in [7, 11) is 0. The first kappa shape index (κ1) is 14.7. The fourth-order valence-electron chi connectivity index (χ4n) is 1.13. The van der Waals surface area contributed by atoms with Crippen LogP contribution in [-0.4, -0.2) is 17.0 Å². The molecule has 0 bridgehead atoms. The van der Waals surface area contributed by atoms with Gasteiger partial charge in [-0.05, 0) is 48.0 Å². The van der Waals surface area contributed by atoms with Gasteiger partial charge in [-0.3, -0.25) is 4.79 Å². The number of hydrogen-bond donors (Lipinski definition) is 2. The van der Waals surface area contributed by atoms with Gasteiger partial charge in [-0.1, -0.05) is 11.6 Å². The van der Waals surface area contributed by atoms with E-state index < -0.39 is 11.9 Å². The summed E-state index contributed by atoms with van der Waals surface area (Å²) in [6.45, 7) is 2.85. The molecule has 2 N–H and O–H groups in total. The first-order valence-corrected chi connectivity index (χ1v) is 6.17. The lowest BCUT2D eigenvalue weighted by atomic mass is 10.1. The molecule has 6 heteroatoms. The Hall–Kier alpha value is -1.33. The second kappa shape index (κ2) is 6.02. The van der Waals surface area contributed by atoms with Crippen molar-refractivity contribution in [2.75, 3.05) is 5.32 Å². The number of carbonyl (C=O) groups excluding carboxylic acids is 1. The average Bonchev–Trinajstić information content (AvgIpc) is 2.31. The number of anilines is 1. The number of hydrogen-bond acceptors (Lipinski definition) is 2. The van der Waals surface area contributed by atoms with Gasteiger partial charge in [0, 0.05) is 21.3 Å². The molecule has 0 saturated carbocycles. The van der Waals surface area contributed by atoms with E-state index in [2.05, 4.69) is 21.2 Å². The third-order valence-electron chi connectivity index (χ3n) is 2.40. The minimum Gasteiger partial charge on any atom is -0.478 e. The van der Waals surface area contributed by atoms with Gasteiger partial charge in [-0.25, -0.2) is 4.79 Å². The van der Waals surface area contributed by atoms with Crippen LogP contribution in [0.15, 0.2) is 33.8 Å². The van der Waals surface area contributed by atoms with Gasteiger partial charge in [0.15, 0.2) is 0 Å². The van der Waals surface area contributed by atoms with Crippen molar-refractivity contribution in [3.8, 4) is 0 Å². The Labute approximate surface area is 118 Å². The van der Waals surface area contributed by atoms with Crippen LogP contribution in [0.25, 0.3) is 0 Å². The third kappa shape index (κ3) is 3.58. The molecular formula is C12H11BrClNO3. The molecule has 18 heavy (non-hydrogen) atoms.